The van der Waals surface area contributed by atoms with Crippen molar-refractivity contribution in [2.75, 3.05) is 25.0 Å². The molecule has 0 radical (unpaired) electrons. The lowest BCUT2D eigenvalue weighted by Crippen LogP contribution is -2.44. The van der Waals surface area contributed by atoms with Crippen LogP contribution in [-0.4, -0.2) is 43.8 Å². The van der Waals surface area contributed by atoms with Crippen molar-refractivity contribution in [2.24, 2.45) is 0 Å². The molecule has 3 amide bonds. The molecule has 1 aromatic carbocycles. The number of rotatable bonds is 8. The first-order valence-corrected chi connectivity index (χ1v) is 7.87. The number of amides is 3. The molecule has 0 aliphatic carbocycles. The van der Waals surface area contributed by atoms with Crippen LogP contribution in [0.3, 0.4) is 0 Å². The van der Waals surface area contributed by atoms with Gasteiger partial charge in [0.15, 0.2) is 6.61 Å². The Labute approximate surface area is 148 Å². The van der Waals surface area contributed by atoms with Gasteiger partial charge in [-0.25, -0.2) is 9.59 Å². The predicted molar refractivity (Wildman–Crippen MR) is 87.7 cm³/mol. The van der Waals surface area contributed by atoms with Crippen LogP contribution in [0.5, 0.6) is 0 Å². The number of para-hydroxylation sites is 1. The maximum absolute atomic E-state index is 12.1. The van der Waals surface area contributed by atoms with E-state index in [2.05, 4.69) is 5.32 Å². The third-order valence-electron chi connectivity index (χ3n) is 3.03. The number of unbranched alkanes of at least 4 members (excludes halogenated alkanes) is 1. The number of urea groups is 1. The van der Waals surface area contributed by atoms with Crippen molar-refractivity contribution in [1.29, 1.82) is 0 Å². The molecule has 0 atom stereocenters. The number of hydrogen-bond acceptors (Lipinski definition) is 5. The van der Waals surface area contributed by atoms with Crippen LogP contribution in [0.1, 0.15) is 30.1 Å². The molecule has 0 saturated carbocycles. The van der Waals surface area contributed by atoms with Crippen molar-refractivity contribution in [3.05, 3.63) is 29.8 Å². The second kappa shape index (κ2) is 10.3. The third-order valence-corrected chi connectivity index (χ3v) is 3.03. The lowest BCUT2D eigenvalue weighted by molar-refractivity contribution is -0.125. The Kier molecular flexibility index (Phi) is 8.40. The van der Waals surface area contributed by atoms with E-state index in [0.717, 1.165) is 12.8 Å². The van der Waals surface area contributed by atoms with Crippen LogP contribution < -0.4 is 16.0 Å². The van der Waals surface area contributed by atoms with Crippen molar-refractivity contribution < 1.29 is 32.3 Å². The van der Waals surface area contributed by atoms with Crippen LogP contribution in [0.15, 0.2) is 24.3 Å². The summed E-state index contributed by atoms with van der Waals surface area (Å²) in [5, 5.41) is 6.17. The number of benzene rings is 1. The van der Waals surface area contributed by atoms with E-state index >= 15 is 0 Å². The Morgan fingerprint density at radius 1 is 1.15 bits per heavy atom. The zero-order valence-electron chi connectivity index (χ0n) is 14.1. The average Bonchev–Trinajstić information content (AvgIpc) is 2.58. The molecule has 0 saturated heterocycles. The van der Waals surface area contributed by atoms with E-state index in [4.69, 9.17) is 4.74 Å². The maximum atomic E-state index is 12.1. The van der Waals surface area contributed by atoms with Crippen molar-refractivity contribution >= 4 is 23.6 Å². The summed E-state index contributed by atoms with van der Waals surface area (Å²) in [6.45, 7) is 0.288. The number of carbonyl (C=O) groups is 3. The van der Waals surface area contributed by atoms with Gasteiger partial charge >= 0.3 is 18.2 Å². The maximum Gasteiger partial charge on any atom is 0.405 e. The van der Waals surface area contributed by atoms with Crippen LogP contribution in [-0.2, 0) is 9.53 Å². The van der Waals surface area contributed by atoms with E-state index in [9.17, 15) is 27.6 Å². The highest BCUT2D eigenvalue weighted by Gasteiger charge is 2.28. The summed E-state index contributed by atoms with van der Waals surface area (Å²) in [5.74, 6) is -1.84. The molecular formula is C16H20F3N3O4. The molecule has 0 aromatic heterocycles. The van der Waals surface area contributed by atoms with Crippen molar-refractivity contribution in [3.63, 3.8) is 0 Å². The van der Waals surface area contributed by atoms with Crippen molar-refractivity contribution in [1.82, 2.24) is 10.6 Å². The van der Waals surface area contributed by atoms with Gasteiger partial charge in [0.1, 0.15) is 6.54 Å². The molecule has 7 nitrogen and oxygen atoms in total. The summed E-state index contributed by atoms with van der Waals surface area (Å²) in [6, 6.07) is 5.20. The number of hydrogen-bond donors (Lipinski definition) is 3. The summed E-state index contributed by atoms with van der Waals surface area (Å²) >= 11 is 0. The monoisotopic (exact) mass is 375 g/mol. The summed E-state index contributed by atoms with van der Waals surface area (Å²) < 4.78 is 40.6. The van der Waals surface area contributed by atoms with Gasteiger partial charge in [-0.1, -0.05) is 25.5 Å². The summed E-state index contributed by atoms with van der Waals surface area (Å²) in [4.78, 5) is 34.6. The van der Waals surface area contributed by atoms with E-state index in [1.807, 2.05) is 6.92 Å². The largest absolute Gasteiger partial charge is 0.452 e. The molecule has 144 valence electrons. The van der Waals surface area contributed by atoms with Gasteiger partial charge in [0.2, 0.25) is 0 Å². The Hall–Kier alpha value is -2.78. The van der Waals surface area contributed by atoms with E-state index in [1.165, 1.54) is 11.4 Å². The molecule has 0 bridgehead atoms. The summed E-state index contributed by atoms with van der Waals surface area (Å²) in [5.41, 5.74) is 0.743. The van der Waals surface area contributed by atoms with E-state index < -0.39 is 37.2 Å². The number of imide groups is 1. The van der Waals surface area contributed by atoms with Gasteiger partial charge in [-0.05, 0) is 18.6 Å². The summed E-state index contributed by atoms with van der Waals surface area (Å²) in [7, 11) is 0. The fourth-order valence-corrected chi connectivity index (χ4v) is 1.81. The Bertz CT molecular complexity index is 635. The molecule has 0 fully saturated rings. The zero-order chi connectivity index (χ0) is 19.6. The van der Waals surface area contributed by atoms with Crippen LogP contribution in [0.25, 0.3) is 0 Å². The predicted octanol–water partition coefficient (Wildman–Crippen LogP) is 2.44. The number of alkyl halides is 3. The summed E-state index contributed by atoms with van der Waals surface area (Å²) in [6.07, 6.45) is -2.73. The lowest BCUT2D eigenvalue weighted by atomic mass is 10.1. The first-order valence-electron chi connectivity index (χ1n) is 7.87. The van der Waals surface area contributed by atoms with Gasteiger partial charge in [0.05, 0.1) is 5.56 Å². The molecule has 3 N–H and O–H groups in total. The van der Waals surface area contributed by atoms with Crippen molar-refractivity contribution in [3.8, 4) is 0 Å². The first kappa shape index (κ1) is 21.3. The quantitative estimate of drug-likeness (QED) is 0.479. The van der Waals surface area contributed by atoms with Gasteiger partial charge in [-0.2, -0.15) is 13.2 Å². The Balaban J connectivity index is 2.48. The number of nitrogens with one attached hydrogen (secondary N) is 3. The molecule has 1 aromatic rings. The van der Waals surface area contributed by atoms with Gasteiger partial charge in [-0.3, -0.25) is 10.1 Å². The van der Waals surface area contributed by atoms with E-state index in [-0.39, 0.29) is 5.56 Å². The molecule has 0 unspecified atom stereocenters. The second-order valence-corrected chi connectivity index (χ2v) is 5.25. The molecule has 1 rings (SSSR count). The van der Waals surface area contributed by atoms with E-state index in [0.29, 0.717) is 12.2 Å². The number of esters is 1. The number of anilines is 1. The average molecular weight is 375 g/mol. The molecule has 0 aliphatic heterocycles. The highest BCUT2D eigenvalue weighted by Crippen LogP contribution is 2.16. The van der Waals surface area contributed by atoms with Crippen LogP contribution >= 0.6 is 0 Å². The fourth-order valence-electron chi connectivity index (χ4n) is 1.81. The molecule has 26 heavy (non-hydrogen) atoms. The highest BCUT2D eigenvalue weighted by atomic mass is 19.4. The smallest absolute Gasteiger partial charge is 0.405 e. The van der Waals surface area contributed by atoms with Gasteiger partial charge in [0.25, 0.3) is 5.91 Å². The minimum atomic E-state index is -4.60. The molecular weight excluding hydrogens is 355 g/mol. The molecule has 10 heteroatoms. The van der Waals surface area contributed by atoms with Crippen molar-refractivity contribution in [2.45, 2.75) is 25.9 Å². The van der Waals surface area contributed by atoms with Gasteiger partial charge < -0.3 is 15.4 Å². The molecule has 0 aliphatic rings. The Morgan fingerprint density at radius 2 is 1.85 bits per heavy atom. The fraction of sp³-hybridized carbons (Fsp3) is 0.438. The SMILES string of the molecule is CCCCNc1ccccc1C(=O)OCC(=O)NC(=O)NCC(F)(F)F. The molecule has 0 spiro atoms. The van der Waals surface area contributed by atoms with Crippen LogP contribution in [0.4, 0.5) is 23.7 Å². The van der Waals surface area contributed by atoms with Crippen LogP contribution in [0, 0.1) is 0 Å². The molecule has 0 heterocycles. The third kappa shape index (κ3) is 8.36. The second-order valence-electron chi connectivity index (χ2n) is 5.25. The lowest BCUT2D eigenvalue weighted by Gasteiger charge is -2.12. The Morgan fingerprint density at radius 3 is 2.50 bits per heavy atom. The van der Waals surface area contributed by atoms with Crippen LogP contribution in [0.2, 0.25) is 0 Å². The highest BCUT2D eigenvalue weighted by molar-refractivity contribution is 5.99. The number of halogens is 3. The topological polar surface area (TPSA) is 96.5 Å². The normalized spacial score (nSPS) is 10.8. The first-order chi connectivity index (χ1) is 12.2. The van der Waals surface area contributed by atoms with Gasteiger partial charge in [-0.15, -0.1) is 0 Å². The van der Waals surface area contributed by atoms with Gasteiger partial charge in [0, 0.05) is 12.2 Å². The number of ether oxygens (including phenoxy) is 1. The zero-order valence-corrected chi connectivity index (χ0v) is 14.1. The number of carbonyl (C=O) groups excluding carboxylic acids is 3. The van der Waals surface area contributed by atoms with E-state index in [1.54, 1.807) is 23.5 Å². The minimum absolute atomic E-state index is 0.206. The standard InChI is InChI=1S/C16H20F3N3O4/c1-2-3-8-20-12-7-5-4-6-11(12)14(24)26-9-13(23)22-15(25)21-10-16(17,18)19/h4-7,20H,2-3,8-10H2,1H3,(H2,21,22,23,25). The minimum Gasteiger partial charge on any atom is -0.452 e.